The van der Waals surface area contributed by atoms with Crippen molar-refractivity contribution in [1.29, 1.82) is 0 Å². The Balaban J connectivity index is 0.00000261. The summed E-state index contributed by atoms with van der Waals surface area (Å²) < 4.78 is 0. The van der Waals surface area contributed by atoms with Crippen LogP contribution in [0.1, 0.15) is 24.7 Å². The van der Waals surface area contributed by atoms with Gasteiger partial charge in [0.25, 0.3) is 0 Å². The second-order valence-electron chi connectivity index (χ2n) is 6.06. The van der Waals surface area contributed by atoms with Crippen LogP contribution in [0.25, 0.3) is 11.0 Å². The number of nitrogens with one attached hydrogen (secondary N) is 3. The first-order valence-electron chi connectivity index (χ1n) is 8.95. The van der Waals surface area contributed by atoms with E-state index in [9.17, 15) is 0 Å². The van der Waals surface area contributed by atoms with E-state index in [4.69, 9.17) is 11.6 Å². The predicted octanol–water partition coefficient (Wildman–Crippen LogP) is 4.52. The molecule has 7 heteroatoms. The van der Waals surface area contributed by atoms with Gasteiger partial charge in [0.2, 0.25) is 0 Å². The Hall–Kier alpha value is -1.80. The highest BCUT2D eigenvalue weighted by Crippen LogP contribution is 2.12. The highest BCUT2D eigenvalue weighted by atomic mass is 127. The Labute approximate surface area is 182 Å². The number of aryl methyl sites for hydroxylation is 1. The van der Waals surface area contributed by atoms with Crippen LogP contribution in [-0.2, 0) is 13.0 Å². The van der Waals surface area contributed by atoms with Crippen LogP contribution in [0.2, 0.25) is 5.02 Å². The van der Waals surface area contributed by atoms with Crippen molar-refractivity contribution in [2.45, 2.75) is 26.3 Å². The molecule has 144 valence electrons. The second-order valence-corrected chi connectivity index (χ2v) is 6.49. The van der Waals surface area contributed by atoms with E-state index in [1.165, 1.54) is 0 Å². The summed E-state index contributed by atoms with van der Waals surface area (Å²) in [5.74, 6) is 1.84. The zero-order valence-corrected chi connectivity index (χ0v) is 18.4. The lowest BCUT2D eigenvalue weighted by Crippen LogP contribution is -2.37. The third kappa shape index (κ3) is 6.70. The zero-order chi connectivity index (χ0) is 18.2. The summed E-state index contributed by atoms with van der Waals surface area (Å²) in [5, 5.41) is 7.38. The first-order valence-corrected chi connectivity index (χ1v) is 9.32. The molecular formula is C20H25ClIN5. The van der Waals surface area contributed by atoms with Crippen LogP contribution in [0.5, 0.6) is 0 Å². The summed E-state index contributed by atoms with van der Waals surface area (Å²) in [5.41, 5.74) is 3.20. The average Bonchev–Trinajstić information content (AvgIpc) is 3.06. The van der Waals surface area contributed by atoms with Crippen molar-refractivity contribution in [1.82, 2.24) is 20.6 Å². The lowest BCUT2D eigenvalue weighted by atomic mass is 10.2. The molecule has 3 N–H and O–H groups in total. The molecule has 3 aromatic rings. The zero-order valence-electron chi connectivity index (χ0n) is 15.3. The summed E-state index contributed by atoms with van der Waals surface area (Å²) in [4.78, 5) is 12.6. The number of fused-ring (bicyclic) bond motifs is 1. The maximum absolute atomic E-state index is 6.02. The SMILES string of the molecule is CCNC(=NCc1cccc(Cl)c1)NCCCc1nc2ccccc2[nH]1.I. The number of benzene rings is 2. The van der Waals surface area contributed by atoms with Gasteiger partial charge in [0, 0.05) is 24.5 Å². The fourth-order valence-electron chi connectivity index (χ4n) is 2.73. The van der Waals surface area contributed by atoms with E-state index >= 15 is 0 Å². The van der Waals surface area contributed by atoms with Crippen molar-refractivity contribution in [2.75, 3.05) is 13.1 Å². The fraction of sp³-hybridized carbons (Fsp3) is 0.300. The van der Waals surface area contributed by atoms with Crippen LogP contribution in [0, 0.1) is 0 Å². The Morgan fingerprint density at radius 3 is 2.78 bits per heavy atom. The molecule has 0 spiro atoms. The number of halogens is 2. The molecule has 0 atom stereocenters. The molecule has 0 aliphatic rings. The number of aromatic amines is 1. The van der Waals surface area contributed by atoms with Gasteiger partial charge in [0.15, 0.2) is 5.96 Å². The van der Waals surface area contributed by atoms with E-state index in [1.54, 1.807) is 0 Å². The molecule has 0 saturated heterocycles. The van der Waals surface area contributed by atoms with Crippen molar-refractivity contribution in [2.24, 2.45) is 4.99 Å². The quantitative estimate of drug-likeness (QED) is 0.195. The monoisotopic (exact) mass is 497 g/mol. The summed E-state index contributed by atoms with van der Waals surface area (Å²) in [6.07, 6.45) is 1.87. The number of hydrogen-bond donors (Lipinski definition) is 3. The van der Waals surface area contributed by atoms with E-state index in [0.29, 0.717) is 6.54 Å². The van der Waals surface area contributed by atoms with Gasteiger partial charge in [-0.25, -0.2) is 9.98 Å². The van der Waals surface area contributed by atoms with Gasteiger partial charge >= 0.3 is 0 Å². The Morgan fingerprint density at radius 2 is 2.00 bits per heavy atom. The number of H-pyrrole nitrogens is 1. The number of rotatable bonds is 7. The van der Waals surface area contributed by atoms with Crippen LogP contribution in [0.15, 0.2) is 53.5 Å². The Bertz CT molecular complexity index is 844. The predicted molar refractivity (Wildman–Crippen MR) is 124 cm³/mol. The summed E-state index contributed by atoms with van der Waals surface area (Å²) >= 11 is 6.02. The van der Waals surface area contributed by atoms with Crippen LogP contribution < -0.4 is 10.6 Å². The van der Waals surface area contributed by atoms with E-state index < -0.39 is 0 Å². The van der Waals surface area contributed by atoms with E-state index in [2.05, 4.69) is 38.6 Å². The molecular weight excluding hydrogens is 473 g/mol. The molecule has 0 fully saturated rings. The first kappa shape index (κ1) is 21.5. The van der Waals surface area contributed by atoms with Crippen molar-refractivity contribution in [3.63, 3.8) is 0 Å². The largest absolute Gasteiger partial charge is 0.357 e. The van der Waals surface area contributed by atoms with Gasteiger partial charge in [0.1, 0.15) is 5.82 Å². The lowest BCUT2D eigenvalue weighted by molar-refractivity contribution is 0.727. The normalized spacial score (nSPS) is 11.3. The lowest BCUT2D eigenvalue weighted by Gasteiger charge is -2.11. The molecule has 0 saturated carbocycles. The van der Waals surface area contributed by atoms with Gasteiger partial charge in [-0.15, -0.1) is 24.0 Å². The van der Waals surface area contributed by atoms with Gasteiger partial charge < -0.3 is 15.6 Å². The highest BCUT2D eigenvalue weighted by molar-refractivity contribution is 14.0. The molecule has 0 aliphatic carbocycles. The molecule has 27 heavy (non-hydrogen) atoms. The summed E-state index contributed by atoms with van der Waals surface area (Å²) in [6.45, 7) is 4.31. The number of aromatic nitrogens is 2. The van der Waals surface area contributed by atoms with E-state index in [-0.39, 0.29) is 24.0 Å². The number of nitrogens with zero attached hydrogens (tertiary/aromatic N) is 2. The minimum Gasteiger partial charge on any atom is -0.357 e. The van der Waals surface area contributed by atoms with Crippen molar-refractivity contribution < 1.29 is 0 Å². The van der Waals surface area contributed by atoms with Gasteiger partial charge in [-0.05, 0) is 43.2 Å². The molecule has 5 nitrogen and oxygen atoms in total. The van der Waals surface area contributed by atoms with Gasteiger partial charge in [-0.2, -0.15) is 0 Å². The van der Waals surface area contributed by atoms with Crippen molar-refractivity contribution in [3.8, 4) is 0 Å². The fourth-order valence-corrected chi connectivity index (χ4v) is 2.95. The first-order chi connectivity index (χ1) is 12.7. The minimum absolute atomic E-state index is 0. The standard InChI is InChI=1S/C20H24ClN5.HI/c1-2-22-20(24-14-15-7-5-8-16(21)13-15)23-12-6-11-19-25-17-9-3-4-10-18(17)26-19;/h3-5,7-10,13H,2,6,11-12,14H2,1H3,(H,25,26)(H2,22,23,24);1H. The number of hydrogen-bond acceptors (Lipinski definition) is 2. The summed E-state index contributed by atoms with van der Waals surface area (Å²) in [6, 6.07) is 15.9. The van der Waals surface area contributed by atoms with E-state index in [1.807, 2.05) is 42.5 Å². The van der Waals surface area contributed by atoms with Crippen LogP contribution in [0.3, 0.4) is 0 Å². The highest BCUT2D eigenvalue weighted by Gasteiger charge is 2.02. The molecule has 0 radical (unpaired) electrons. The van der Waals surface area contributed by atoms with E-state index in [0.717, 1.165) is 59.3 Å². The molecule has 0 aliphatic heterocycles. The maximum atomic E-state index is 6.02. The molecule has 0 amide bonds. The van der Waals surface area contributed by atoms with Crippen molar-refractivity contribution in [3.05, 3.63) is 64.9 Å². The number of imidazole rings is 1. The average molecular weight is 498 g/mol. The Kier molecular flexibility index (Phi) is 8.87. The van der Waals surface area contributed by atoms with Gasteiger partial charge in [-0.3, -0.25) is 0 Å². The smallest absolute Gasteiger partial charge is 0.191 e. The van der Waals surface area contributed by atoms with Crippen LogP contribution >= 0.6 is 35.6 Å². The second kappa shape index (κ2) is 11.1. The van der Waals surface area contributed by atoms with Gasteiger partial charge in [0.05, 0.1) is 17.6 Å². The van der Waals surface area contributed by atoms with Crippen LogP contribution in [0.4, 0.5) is 0 Å². The molecule has 2 aromatic carbocycles. The minimum atomic E-state index is 0. The number of guanidine groups is 1. The van der Waals surface area contributed by atoms with Gasteiger partial charge in [-0.1, -0.05) is 35.9 Å². The topological polar surface area (TPSA) is 65.1 Å². The molecule has 0 bridgehead atoms. The third-order valence-electron chi connectivity index (χ3n) is 3.97. The third-order valence-corrected chi connectivity index (χ3v) is 4.21. The van der Waals surface area contributed by atoms with Crippen molar-refractivity contribution >= 4 is 52.6 Å². The number of para-hydroxylation sites is 2. The van der Waals surface area contributed by atoms with Crippen LogP contribution in [-0.4, -0.2) is 29.0 Å². The number of aliphatic imine (C=N–C) groups is 1. The molecule has 1 heterocycles. The Morgan fingerprint density at radius 1 is 1.15 bits per heavy atom. The maximum Gasteiger partial charge on any atom is 0.191 e. The molecule has 1 aromatic heterocycles. The summed E-state index contributed by atoms with van der Waals surface area (Å²) in [7, 11) is 0. The molecule has 3 rings (SSSR count). The molecule has 0 unspecified atom stereocenters.